The molecule has 0 radical (unpaired) electrons. The fraction of sp³-hybridized carbons (Fsp3) is 0.500. The van der Waals surface area contributed by atoms with E-state index in [0.717, 1.165) is 12.8 Å². The van der Waals surface area contributed by atoms with E-state index in [2.05, 4.69) is 22.2 Å². The lowest BCUT2D eigenvalue weighted by Crippen LogP contribution is -2.40. The highest BCUT2D eigenvalue weighted by Gasteiger charge is 2.40. The number of nitrogens with zero attached hydrogens (tertiary/aromatic N) is 3. The van der Waals surface area contributed by atoms with Gasteiger partial charge in [-0.2, -0.15) is 0 Å². The number of methoxy groups -OCH3 is 1. The Morgan fingerprint density at radius 1 is 1.34 bits per heavy atom. The van der Waals surface area contributed by atoms with Gasteiger partial charge < -0.3 is 20.7 Å². The molecule has 174 valence electrons. The third-order valence-electron chi connectivity index (χ3n) is 5.59. The Kier molecular flexibility index (Phi) is 7.04. The van der Waals surface area contributed by atoms with Crippen LogP contribution in [0.5, 0.6) is 0 Å². The van der Waals surface area contributed by atoms with Crippen LogP contribution in [0.4, 0.5) is 11.6 Å². The molecule has 1 aliphatic heterocycles. The molecular formula is C22H31N5O4S. The SMILES string of the molecule is COCCCNc1cccc(S(=O)(=O)c2ccnc(N3CC(C)CC3(C)C)c2C(N)=O)n1. The number of rotatable bonds is 9. The quantitative estimate of drug-likeness (QED) is 0.545. The van der Waals surface area contributed by atoms with Gasteiger partial charge in [0, 0.05) is 38.5 Å². The van der Waals surface area contributed by atoms with Crippen molar-refractivity contribution < 1.29 is 17.9 Å². The first kappa shape index (κ1) is 23.9. The molecule has 1 aliphatic rings. The van der Waals surface area contributed by atoms with Gasteiger partial charge in [-0.1, -0.05) is 13.0 Å². The largest absolute Gasteiger partial charge is 0.385 e. The topological polar surface area (TPSA) is 128 Å². The van der Waals surface area contributed by atoms with Crippen LogP contribution < -0.4 is 16.0 Å². The first-order valence-corrected chi connectivity index (χ1v) is 12.1. The van der Waals surface area contributed by atoms with E-state index in [4.69, 9.17) is 10.5 Å². The second-order valence-electron chi connectivity index (χ2n) is 8.74. The lowest BCUT2D eigenvalue weighted by atomic mass is 9.97. The van der Waals surface area contributed by atoms with Crippen LogP contribution in [0.3, 0.4) is 0 Å². The summed E-state index contributed by atoms with van der Waals surface area (Å²) in [4.78, 5) is 22.9. The number of sulfone groups is 1. The minimum atomic E-state index is -4.12. The van der Waals surface area contributed by atoms with Crippen LogP contribution in [-0.4, -0.2) is 56.6 Å². The summed E-state index contributed by atoms with van der Waals surface area (Å²) in [5, 5.41) is 2.92. The molecule has 0 saturated carbocycles. The van der Waals surface area contributed by atoms with Crippen molar-refractivity contribution in [1.82, 2.24) is 9.97 Å². The van der Waals surface area contributed by atoms with Crippen LogP contribution in [0, 0.1) is 5.92 Å². The van der Waals surface area contributed by atoms with Crippen molar-refractivity contribution in [2.24, 2.45) is 11.7 Å². The first-order chi connectivity index (χ1) is 15.1. The molecule has 0 aromatic carbocycles. The predicted molar refractivity (Wildman–Crippen MR) is 123 cm³/mol. The Labute approximate surface area is 189 Å². The Hall–Kier alpha value is -2.72. The lowest BCUT2D eigenvalue weighted by molar-refractivity contribution is 0.0997. The first-order valence-electron chi connectivity index (χ1n) is 10.6. The lowest BCUT2D eigenvalue weighted by Gasteiger charge is -2.33. The molecule has 1 amide bonds. The fourth-order valence-electron chi connectivity index (χ4n) is 4.26. The van der Waals surface area contributed by atoms with E-state index < -0.39 is 15.7 Å². The van der Waals surface area contributed by atoms with E-state index in [-0.39, 0.29) is 21.0 Å². The zero-order valence-corrected chi connectivity index (χ0v) is 19.8. The molecule has 2 aromatic rings. The van der Waals surface area contributed by atoms with Crippen LogP contribution in [0.15, 0.2) is 40.4 Å². The van der Waals surface area contributed by atoms with Gasteiger partial charge in [-0.25, -0.2) is 18.4 Å². The third-order valence-corrected chi connectivity index (χ3v) is 7.28. The van der Waals surface area contributed by atoms with Gasteiger partial charge >= 0.3 is 0 Å². The number of hydrogen-bond acceptors (Lipinski definition) is 8. The highest BCUT2D eigenvalue weighted by atomic mass is 32.2. The van der Waals surface area contributed by atoms with Crippen LogP contribution in [0.25, 0.3) is 0 Å². The normalized spacial score (nSPS) is 18.0. The zero-order chi connectivity index (χ0) is 23.5. The highest BCUT2D eigenvalue weighted by Crippen LogP contribution is 2.39. The van der Waals surface area contributed by atoms with Crippen molar-refractivity contribution in [3.8, 4) is 0 Å². The number of nitrogens with one attached hydrogen (secondary N) is 1. The van der Waals surface area contributed by atoms with Gasteiger partial charge in [-0.15, -0.1) is 0 Å². The molecule has 0 spiro atoms. The molecule has 1 unspecified atom stereocenters. The van der Waals surface area contributed by atoms with Gasteiger partial charge in [0.05, 0.1) is 4.90 Å². The summed E-state index contributed by atoms with van der Waals surface area (Å²) in [6, 6.07) is 6.01. The molecule has 0 aliphatic carbocycles. The Bertz CT molecular complexity index is 1090. The molecule has 3 N–H and O–H groups in total. The summed E-state index contributed by atoms with van der Waals surface area (Å²) in [6.07, 6.45) is 3.04. The number of pyridine rings is 2. The summed E-state index contributed by atoms with van der Waals surface area (Å²) in [7, 11) is -2.50. The number of amides is 1. The van der Waals surface area contributed by atoms with E-state index >= 15 is 0 Å². The Morgan fingerprint density at radius 2 is 2.09 bits per heavy atom. The minimum Gasteiger partial charge on any atom is -0.385 e. The number of nitrogens with two attached hydrogens (primary N) is 1. The summed E-state index contributed by atoms with van der Waals surface area (Å²) in [5.74, 6) is 0.250. The molecule has 9 nitrogen and oxygen atoms in total. The zero-order valence-electron chi connectivity index (χ0n) is 19.0. The average molecular weight is 462 g/mol. The predicted octanol–water partition coefficient (Wildman–Crippen LogP) is 2.48. The average Bonchev–Trinajstić information content (AvgIpc) is 3.02. The van der Waals surface area contributed by atoms with Crippen LogP contribution >= 0.6 is 0 Å². The number of hydrogen-bond donors (Lipinski definition) is 2. The van der Waals surface area contributed by atoms with Gasteiger partial charge in [-0.3, -0.25) is 4.79 Å². The molecule has 3 heterocycles. The summed E-state index contributed by atoms with van der Waals surface area (Å²) < 4.78 is 32.0. The molecule has 0 bridgehead atoms. The highest BCUT2D eigenvalue weighted by molar-refractivity contribution is 7.91. The summed E-state index contributed by atoms with van der Waals surface area (Å²) in [5.41, 5.74) is 5.30. The van der Waals surface area contributed by atoms with E-state index in [1.165, 1.54) is 18.3 Å². The van der Waals surface area contributed by atoms with Gasteiger partial charge in [0.25, 0.3) is 5.91 Å². The van der Waals surface area contributed by atoms with Crippen molar-refractivity contribution in [3.05, 3.63) is 36.0 Å². The Morgan fingerprint density at radius 3 is 2.72 bits per heavy atom. The number of ether oxygens (including phenoxy) is 1. The van der Waals surface area contributed by atoms with E-state index in [9.17, 15) is 13.2 Å². The monoisotopic (exact) mass is 461 g/mol. The van der Waals surface area contributed by atoms with Gasteiger partial charge in [0.2, 0.25) is 9.84 Å². The van der Waals surface area contributed by atoms with Crippen molar-refractivity contribution in [2.45, 2.75) is 49.1 Å². The number of anilines is 2. The molecule has 3 rings (SSSR count). The molecule has 1 atom stereocenters. The van der Waals surface area contributed by atoms with E-state index in [0.29, 0.717) is 37.3 Å². The van der Waals surface area contributed by atoms with Crippen molar-refractivity contribution in [1.29, 1.82) is 0 Å². The second-order valence-corrected chi connectivity index (χ2v) is 10.6. The van der Waals surface area contributed by atoms with Gasteiger partial charge in [-0.05, 0) is 50.8 Å². The maximum atomic E-state index is 13.5. The summed E-state index contributed by atoms with van der Waals surface area (Å²) in [6.45, 7) is 8.02. The minimum absolute atomic E-state index is 0.102. The molecule has 1 saturated heterocycles. The second kappa shape index (κ2) is 9.41. The number of primary amides is 1. The molecule has 2 aromatic heterocycles. The standard InChI is InChI=1S/C22H31N5O4S/c1-15-13-22(2,3)27(14-15)21-19(20(23)28)16(9-11-25-21)32(29,30)18-8-5-7-17(26-18)24-10-6-12-31-4/h5,7-9,11,15H,6,10,12-14H2,1-4H3,(H2,23,28)(H,24,26). The molecular weight excluding hydrogens is 430 g/mol. The van der Waals surface area contributed by atoms with Crippen LogP contribution in [-0.2, 0) is 14.6 Å². The third kappa shape index (κ3) is 4.86. The van der Waals surface area contributed by atoms with E-state index in [1.54, 1.807) is 19.2 Å². The number of aromatic nitrogens is 2. The van der Waals surface area contributed by atoms with Crippen LogP contribution in [0.1, 0.15) is 44.0 Å². The number of carbonyl (C=O) groups is 1. The molecule has 32 heavy (non-hydrogen) atoms. The van der Waals surface area contributed by atoms with Crippen LogP contribution in [0.2, 0.25) is 0 Å². The maximum Gasteiger partial charge on any atom is 0.253 e. The molecule has 1 fully saturated rings. The summed E-state index contributed by atoms with van der Waals surface area (Å²) >= 11 is 0. The van der Waals surface area contributed by atoms with Crippen molar-refractivity contribution in [2.75, 3.05) is 37.0 Å². The smallest absolute Gasteiger partial charge is 0.253 e. The van der Waals surface area contributed by atoms with Gasteiger partial charge in [0.15, 0.2) is 5.03 Å². The van der Waals surface area contributed by atoms with E-state index in [1.807, 2.05) is 18.7 Å². The van der Waals surface area contributed by atoms with Gasteiger partial charge in [0.1, 0.15) is 17.2 Å². The maximum absolute atomic E-state index is 13.5. The number of carbonyl (C=O) groups excluding carboxylic acids is 1. The van der Waals surface area contributed by atoms with Crippen molar-refractivity contribution >= 4 is 27.4 Å². The fourth-order valence-corrected chi connectivity index (χ4v) is 5.66. The Balaban J connectivity index is 2.03. The molecule has 10 heteroatoms. The van der Waals surface area contributed by atoms with Crippen molar-refractivity contribution in [3.63, 3.8) is 0 Å².